The van der Waals surface area contributed by atoms with Gasteiger partial charge in [-0.25, -0.2) is 4.39 Å². The van der Waals surface area contributed by atoms with Crippen molar-refractivity contribution in [3.8, 4) is 0 Å². The number of nitrogens with two attached hydrogens (primary N) is 1. The third-order valence-electron chi connectivity index (χ3n) is 2.96. The summed E-state index contributed by atoms with van der Waals surface area (Å²) >= 11 is 0. The third-order valence-corrected chi connectivity index (χ3v) is 2.96. The van der Waals surface area contributed by atoms with Gasteiger partial charge in [-0.2, -0.15) is 0 Å². The average molecular weight is 252 g/mol. The van der Waals surface area contributed by atoms with Gasteiger partial charge in [-0.1, -0.05) is 30.3 Å². The zero-order valence-corrected chi connectivity index (χ0v) is 10.2. The van der Waals surface area contributed by atoms with Crippen LogP contribution in [0.25, 0.3) is 10.8 Å². The Balaban J connectivity index is 1.96. The van der Waals surface area contributed by atoms with Crippen molar-refractivity contribution in [1.82, 2.24) is 0 Å². The van der Waals surface area contributed by atoms with Crippen molar-refractivity contribution < 1.29 is 4.39 Å². The van der Waals surface area contributed by atoms with Gasteiger partial charge in [0.2, 0.25) is 0 Å². The Morgan fingerprint density at radius 3 is 2.37 bits per heavy atom. The molecule has 0 heterocycles. The van der Waals surface area contributed by atoms with Crippen LogP contribution in [0.5, 0.6) is 0 Å². The molecule has 0 aliphatic heterocycles. The highest BCUT2D eigenvalue weighted by atomic mass is 19.1. The molecule has 0 saturated heterocycles. The van der Waals surface area contributed by atoms with Crippen LogP contribution in [0.1, 0.15) is 0 Å². The lowest BCUT2D eigenvalue weighted by molar-refractivity contribution is 0.629. The van der Waals surface area contributed by atoms with Gasteiger partial charge in [0, 0.05) is 17.1 Å². The van der Waals surface area contributed by atoms with Crippen LogP contribution >= 0.6 is 0 Å². The number of anilines is 3. The molecular formula is C16H13FN2. The Morgan fingerprint density at radius 1 is 0.789 bits per heavy atom. The highest BCUT2D eigenvalue weighted by Crippen LogP contribution is 2.24. The molecule has 2 nitrogen and oxygen atoms in total. The molecule has 3 N–H and O–H groups in total. The number of nitrogen functional groups attached to an aromatic ring is 1. The number of hydrogen-bond donors (Lipinski definition) is 2. The standard InChI is InChI=1S/C16H13FN2/c17-13-8-14(18)10-16(9-13)19-15-6-5-11-3-1-2-4-12(11)7-15/h1-10,19H,18H2. The molecule has 0 radical (unpaired) electrons. The van der Waals surface area contributed by atoms with Crippen molar-refractivity contribution in [1.29, 1.82) is 0 Å². The molecule has 0 aromatic heterocycles. The molecule has 0 aliphatic rings. The minimum absolute atomic E-state index is 0.344. The summed E-state index contributed by atoms with van der Waals surface area (Å²) in [6.07, 6.45) is 0. The van der Waals surface area contributed by atoms with Crippen molar-refractivity contribution >= 4 is 27.8 Å². The van der Waals surface area contributed by atoms with Crippen LogP contribution < -0.4 is 11.1 Å². The molecule has 0 atom stereocenters. The van der Waals surface area contributed by atoms with Crippen LogP contribution in [0.4, 0.5) is 21.5 Å². The molecule has 0 bridgehead atoms. The zero-order chi connectivity index (χ0) is 13.2. The Morgan fingerprint density at radius 2 is 1.58 bits per heavy atom. The van der Waals surface area contributed by atoms with E-state index in [2.05, 4.69) is 11.4 Å². The molecule has 0 amide bonds. The highest BCUT2D eigenvalue weighted by molar-refractivity contribution is 5.86. The summed E-state index contributed by atoms with van der Waals surface area (Å²) in [5, 5.41) is 5.47. The molecule has 0 saturated carbocycles. The summed E-state index contributed by atoms with van der Waals surface area (Å²) in [5.41, 5.74) is 7.58. The lowest BCUT2D eigenvalue weighted by Crippen LogP contribution is -1.94. The first-order valence-electron chi connectivity index (χ1n) is 6.03. The summed E-state index contributed by atoms with van der Waals surface area (Å²) in [4.78, 5) is 0. The Kier molecular flexibility index (Phi) is 2.80. The van der Waals surface area contributed by atoms with Gasteiger partial charge in [-0.3, -0.25) is 0 Å². The molecule has 3 aromatic rings. The van der Waals surface area contributed by atoms with Crippen molar-refractivity contribution in [2.45, 2.75) is 0 Å². The number of fused-ring (bicyclic) bond motifs is 1. The van der Waals surface area contributed by atoms with E-state index in [1.807, 2.05) is 36.4 Å². The van der Waals surface area contributed by atoms with E-state index in [9.17, 15) is 4.39 Å². The fraction of sp³-hybridized carbons (Fsp3) is 0. The number of hydrogen-bond acceptors (Lipinski definition) is 2. The number of halogens is 1. The molecule has 0 unspecified atom stereocenters. The summed E-state index contributed by atoms with van der Waals surface area (Å²) < 4.78 is 13.3. The molecular weight excluding hydrogens is 239 g/mol. The quantitative estimate of drug-likeness (QED) is 0.667. The monoisotopic (exact) mass is 252 g/mol. The molecule has 0 aliphatic carbocycles. The van der Waals surface area contributed by atoms with Crippen LogP contribution in [-0.2, 0) is 0 Å². The molecule has 3 aromatic carbocycles. The third kappa shape index (κ3) is 2.50. The van der Waals surface area contributed by atoms with Crippen LogP contribution in [0.15, 0.2) is 60.7 Å². The Bertz CT molecular complexity index is 717. The molecule has 3 heteroatoms. The fourth-order valence-corrected chi connectivity index (χ4v) is 2.12. The highest BCUT2D eigenvalue weighted by Gasteiger charge is 2.00. The van der Waals surface area contributed by atoms with Gasteiger partial charge in [0.15, 0.2) is 0 Å². The number of rotatable bonds is 2. The minimum atomic E-state index is -0.344. The predicted molar refractivity (Wildman–Crippen MR) is 78.0 cm³/mol. The smallest absolute Gasteiger partial charge is 0.127 e. The molecule has 94 valence electrons. The maximum absolute atomic E-state index is 13.3. The maximum Gasteiger partial charge on any atom is 0.127 e. The fourth-order valence-electron chi connectivity index (χ4n) is 2.12. The Hall–Kier alpha value is -2.55. The predicted octanol–water partition coefficient (Wildman–Crippen LogP) is 4.30. The first kappa shape index (κ1) is 11.5. The second-order valence-corrected chi connectivity index (χ2v) is 4.46. The lowest BCUT2D eigenvalue weighted by Gasteiger charge is -2.08. The van der Waals surface area contributed by atoms with Gasteiger partial charge in [0.05, 0.1) is 0 Å². The lowest BCUT2D eigenvalue weighted by atomic mass is 10.1. The van der Waals surface area contributed by atoms with Crippen LogP contribution in [-0.4, -0.2) is 0 Å². The minimum Gasteiger partial charge on any atom is -0.399 e. The van der Waals surface area contributed by atoms with Crippen LogP contribution in [0, 0.1) is 5.82 Å². The van der Waals surface area contributed by atoms with Crippen LogP contribution in [0.3, 0.4) is 0 Å². The van der Waals surface area contributed by atoms with Gasteiger partial charge in [0.1, 0.15) is 5.82 Å². The molecule has 19 heavy (non-hydrogen) atoms. The second-order valence-electron chi connectivity index (χ2n) is 4.46. The van der Waals surface area contributed by atoms with Crippen molar-refractivity contribution in [3.05, 3.63) is 66.5 Å². The average Bonchev–Trinajstić information content (AvgIpc) is 2.37. The van der Waals surface area contributed by atoms with E-state index in [-0.39, 0.29) is 5.82 Å². The normalized spacial score (nSPS) is 10.6. The largest absolute Gasteiger partial charge is 0.399 e. The van der Waals surface area contributed by atoms with Crippen molar-refractivity contribution in [2.75, 3.05) is 11.1 Å². The van der Waals surface area contributed by atoms with Crippen molar-refractivity contribution in [3.63, 3.8) is 0 Å². The van der Waals surface area contributed by atoms with E-state index in [1.54, 1.807) is 6.07 Å². The molecule has 3 rings (SSSR count). The summed E-state index contributed by atoms with van der Waals surface area (Å²) in [7, 11) is 0. The van der Waals surface area contributed by atoms with E-state index in [0.29, 0.717) is 11.4 Å². The van der Waals surface area contributed by atoms with Gasteiger partial charge in [0.25, 0.3) is 0 Å². The Labute approximate surface area is 110 Å². The van der Waals surface area contributed by atoms with E-state index < -0.39 is 0 Å². The van der Waals surface area contributed by atoms with Gasteiger partial charge < -0.3 is 11.1 Å². The zero-order valence-electron chi connectivity index (χ0n) is 10.2. The van der Waals surface area contributed by atoms with E-state index >= 15 is 0 Å². The SMILES string of the molecule is Nc1cc(F)cc(Nc2ccc3ccccc3c2)c1. The molecule has 0 spiro atoms. The van der Waals surface area contributed by atoms with Crippen LogP contribution in [0.2, 0.25) is 0 Å². The van der Waals surface area contributed by atoms with Gasteiger partial charge in [-0.05, 0) is 41.1 Å². The van der Waals surface area contributed by atoms with E-state index in [1.165, 1.54) is 17.5 Å². The number of nitrogens with one attached hydrogen (secondary N) is 1. The summed E-state index contributed by atoms with van der Waals surface area (Å²) in [5.74, 6) is -0.344. The first-order valence-corrected chi connectivity index (χ1v) is 6.03. The second kappa shape index (κ2) is 4.61. The van der Waals surface area contributed by atoms with Crippen molar-refractivity contribution in [2.24, 2.45) is 0 Å². The first-order chi connectivity index (χ1) is 9.20. The number of benzene rings is 3. The van der Waals surface area contributed by atoms with Gasteiger partial charge in [-0.15, -0.1) is 0 Å². The van der Waals surface area contributed by atoms with E-state index in [0.717, 1.165) is 11.1 Å². The molecule has 0 fully saturated rings. The van der Waals surface area contributed by atoms with E-state index in [4.69, 9.17) is 5.73 Å². The summed E-state index contributed by atoms with van der Waals surface area (Å²) in [6.45, 7) is 0. The maximum atomic E-state index is 13.3. The summed E-state index contributed by atoms with van der Waals surface area (Å²) in [6, 6.07) is 18.5. The van der Waals surface area contributed by atoms with Gasteiger partial charge >= 0.3 is 0 Å². The topological polar surface area (TPSA) is 38.0 Å².